The zero-order chi connectivity index (χ0) is 18.0. The molecule has 3 N–H and O–H groups in total. The highest BCUT2D eigenvalue weighted by Crippen LogP contribution is 2.32. The Hall–Kier alpha value is -1.77. The first-order valence-electron chi connectivity index (χ1n) is 8.43. The number of nitrogens with one attached hydrogen (secondary N) is 2. The average Bonchev–Trinajstić information content (AvgIpc) is 3.01. The summed E-state index contributed by atoms with van der Waals surface area (Å²) >= 11 is 0. The molecule has 6 nitrogen and oxygen atoms in total. The molecule has 0 radical (unpaired) electrons. The minimum Gasteiger partial charge on any atom is -0.481 e. The molecule has 2 heterocycles. The molecule has 3 atom stereocenters. The van der Waals surface area contributed by atoms with Crippen molar-refractivity contribution in [2.45, 2.75) is 25.1 Å². The Balaban J connectivity index is 1.76. The SMILES string of the molecule is COC1CNCC(c2cc(F)c(N3CCC(CC(=O)O)C3)c(F)c2)N1. The lowest BCUT2D eigenvalue weighted by molar-refractivity contribution is -0.137. The molecule has 2 aliphatic rings. The van der Waals surface area contributed by atoms with Gasteiger partial charge >= 0.3 is 5.97 Å². The lowest BCUT2D eigenvalue weighted by Crippen LogP contribution is -2.51. The van der Waals surface area contributed by atoms with Gasteiger partial charge in [0.25, 0.3) is 0 Å². The molecule has 0 bridgehead atoms. The van der Waals surface area contributed by atoms with Crippen LogP contribution >= 0.6 is 0 Å². The van der Waals surface area contributed by atoms with Crippen molar-refractivity contribution in [1.29, 1.82) is 0 Å². The van der Waals surface area contributed by atoms with Crippen molar-refractivity contribution in [3.63, 3.8) is 0 Å². The van der Waals surface area contributed by atoms with E-state index in [-0.39, 0.29) is 30.3 Å². The summed E-state index contributed by atoms with van der Waals surface area (Å²) in [5.74, 6) is -2.20. The van der Waals surface area contributed by atoms with Crippen LogP contribution in [0.4, 0.5) is 14.5 Å². The van der Waals surface area contributed by atoms with Crippen LogP contribution in [0.3, 0.4) is 0 Å². The largest absolute Gasteiger partial charge is 0.481 e. The molecule has 3 rings (SSSR count). The number of hydrogen-bond acceptors (Lipinski definition) is 5. The highest BCUT2D eigenvalue weighted by Gasteiger charge is 2.30. The average molecular weight is 355 g/mol. The molecule has 0 aromatic heterocycles. The van der Waals surface area contributed by atoms with Crippen molar-refractivity contribution >= 4 is 11.7 Å². The summed E-state index contributed by atoms with van der Waals surface area (Å²) in [7, 11) is 1.58. The number of carboxylic acid groups (broad SMARTS) is 1. The molecule has 0 saturated carbocycles. The van der Waals surface area contributed by atoms with Gasteiger partial charge in [0.2, 0.25) is 0 Å². The third kappa shape index (κ3) is 4.08. The number of methoxy groups -OCH3 is 1. The molecule has 1 aromatic carbocycles. The normalized spacial score (nSPS) is 26.8. The van der Waals surface area contributed by atoms with Gasteiger partial charge in [-0.05, 0) is 30.0 Å². The van der Waals surface area contributed by atoms with E-state index >= 15 is 0 Å². The number of rotatable bonds is 5. The van der Waals surface area contributed by atoms with Gasteiger partial charge in [-0.15, -0.1) is 0 Å². The Labute approximate surface area is 145 Å². The molecular formula is C17H23F2N3O3. The highest BCUT2D eigenvalue weighted by molar-refractivity contribution is 5.67. The Morgan fingerprint density at radius 3 is 2.72 bits per heavy atom. The predicted octanol–water partition coefficient (Wildman–Crippen LogP) is 1.47. The van der Waals surface area contributed by atoms with Gasteiger partial charge in [-0.3, -0.25) is 10.1 Å². The van der Waals surface area contributed by atoms with E-state index in [1.807, 2.05) is 0 Å². The fourth-order valence-corrected chi connectivity index (χ4v) is 3.60. The van der Waals surface area contributed by atoms with Gasteiger partial charge in [0, 0.05) is 45.8 Å². The van der Waals surface area contributed by atoms with Gasteiger partial charge in [0.15, 0.2) is 0 Å². The second kappa shape index (κ2) is 7.63. The first-order chi connectivity index (χ1) is 12.0. The Morgan fingerprint density at radius 2 is 2.08 bits per heavy atom. The number of carbonyl (C=O) groups is 1. The maximum absolute atomic E-state index is 14.6. The topological polar surface area (TPSA) is 73.8 Å². The van der Waals surface area contributed by atoms with Gasteiger partial charge in [-0.1, -0.05) is 0 Å². The van der Waals surface area contributed by atoms with Crippen molar-refractivity contribution in [2.75, 3.05) is 38.2 Å². The molecular weight excluding hydrogens is 332 g/mol. The quantitative estimate of drug-likeness (QED) is 0.743. The summed E-state index contributed by atoms with van der Waals surface area (Å²) in [4.78, 5) is 12.4. The van der Waals surface area contributed by atoms with Crippen LogP contribution < -0.4 is 15.5 Å². The zero-order valence-corrected chi connectivity index (χ0v) is 14.1. The number of anilines is 1. The van der Waals surface area contributed by atoms with Gasteiger partial charge < -0.3 is 20.1 Å². The van der Waals surface area contributed by atoms with Crippen LogP contribution in [-0.4, -0.2) is 50.6 Å². The molecule has 0 spiro atoms. The van der Waals surface area contributed by atoms with Crippen LogP contribution in [0.1, 0.15) is 24.4 Å². The minimum atomic E-state index is -0.883. The summed E-state index contributed by atoms with van der Waals surface area (Å²) in [6.07, 6.45) is 0.435. The van der Waals surface area contributed by atoms with Gasteiger partial charge in [-0.2, -0.15) is 0 Å². The number of carboxylic acids is 1. The van der Waals surface area contributed by atoms with Crippen LogP contribution in [-0.2, 0) is 9.53 Å². The third-order valence-corrected chi connectivity index (χ3v) is 4.86. The van der Waals surface area contributed by atoms with Crippen LogP contribution in [0, 0.1) is 17.6 Å². The van der Waals surface area contributed by atoms with E-state index in [1.165, 1.54) is 12.1 Å². The molecule has 138 valence electrons. The molecule has 8 heteroatoms. The molecule has 0 aliphatic carbocycles. The maximum atomic E-state index is 14.6. The summed E-state index contributed by atoms with van der Waals surface area (Å²) in [5, 5.41) is 15.2. The molecule has 2 fully saturated rings. The van der Waals surface area contributed by atoms with Gasteiger partial charge in [0.1, 0.15) is 23.5 Å². The zero-order valence-electron chi connectivity index (χ0n) is 14.1. The number of piperazine rings is 1. The Kier molecular flexibility index (Phi) is 5.51. The second-order valence-electron chi connectivity index (χ2n) is 6.63. The standard InChI is InChI=1S/C17H23F2N3O3/c1-25-15-8-20-7-14(21-15)11-5-12(18)17(13(19)6-11)22-3-2-10(9-22)4-16(23)24/h5-6,10,14-15,20-21H,2-4,7-9H2,1H3,(H,23,24). The molecule has 3 unspecified atom stereocenters. The lowest BCUT2D eigenvalue weighted by atomic mass is 10.0. The van der Waals surface area contributed by atoms with Crippen LogP contribution in [0.5, 0.6) is 0 Å². The van der Waals surface area contributed by atoms with Crippen molar-refractivity contribution in [3.8, 4) is 0 Å². The summed E-state index contributed by atoms with van der Waals surface area (Å²) in [6.45, 7) is 2.01. The number of aliphatic carboxylic acids is 1. The molecule has 25 heavy (non-hydrogen) atoms. The number of hydrogen-bond donors (Lipinski definition) is 3. The van der Waals surface area contributed by atoms with E-state index in [0.29, 0.717) is 38.2 Å². The summed E-state index contributed by atoms with van der Waals surface area (Å²) in [5.41, 5.74) is 0.456. The fraction of sp³-hybridized carbons (Fsp3) is 0.588. The second-order valence-corrected chi connectivity index (χ2v) is 6.63. The van der Waals surface area contributed by atoms with Gasteiger partial charge in [0.05, 0.1) is 0 Å². The fourth-order valence-electron chi connectivity index (χ4n) is 3.60. The number of halogens is 2. The first kappa shape index (κ1) is 18.0. The van der Waals surface area contributed by atoms with E-state index in [9.17, 15) is 13.6 Å². The molecule has 0 amide bonds. The monoisotopic (exact) mass is 355 g/mol. The van der Waals surface area contributed by atoms with Crippen molar-refractivity contribution in [3.05, 3.63) is 29.3 Å². The number of nitrogens with zero attached hydrogens (tertiary/aromatic N) is 1. The minimum absolute atomic E-state index is 0.0217. The van der Waals surface area contributed by atoms with Crippen molar-refractivity contribution in [2.24, 2.45) is 5.92 Å². The molecule has 2 saturated heterocycles. The van der Waals surface area contributed by atoms with E-state index in [0.717, 1.165) is 0 Å². The smallest absolute Gasteiger partial charge is 0.303 e. The number of benzene rings is 1. The van der Waals surface area contributed by atoms with Crippen molar-refractivity contribution in [1.82, 2.24) is 10.6 Å². The van der Waals surface area contributed by atoms with Crippen LogP contribution in [0.25, 0.3) is 0 Å². The van der Waals surface area contributed by atoms with Crippen molar-refractivity contribution < 1.29 is 23.4 Å². The van der Waals surface area contributed by atoms with E-state index in [1.54, 1.807) is 12.0 Å². The third-order valence-electron chi connectivity index (χ3n) is 4.86. The Bertz CT molecular complexity index is 621. The van der Waals surface area contributed by atoms with E-state index in [4.69, 9.17) is 9.84 Å². The van der Waals surface area contributed by atoms with Crippen LogP contribution in [0.15, 0.2) is 12.1 Å². The summed E-state index contributed by atoms with van der Waals surface area (Å²) < 4.78 is 34.5. The predicted molar refractivity (Wildman–Crippen MR) is 88.5 cm³/mol. The van der Waals surface area contributed by atoms with Gasteiger partial charge in [-0.25, -0.2) is 8.78 Å². The maximum Gasteiger partial charge on any atom is 0.303 e. The molecule has 2 aliphatic heterocycles. The van der Waals surface area contributed by atoms with E-state index in [2.05, 4.69) is 10.6 Å². The Morgan fingerprint density at radius 1 is 1.36 bits per heavy atom. The lowest BCUT2D eigenvalue weighted by Gasteiger charge is -2.31. The summed E-state index contributed by atoms with van der Waals surface area (Å²) in [6, 6.07) is 2.45. The van der Waals surface area contributed by atoms with E-state index < -0.39 is 17.6 Å². The number of ether oxygens (including phenoxy) is 1. The van der Waals surface area contributed by atoms with Crippen LogP contribution in [0.2, 0.25) is 0 Å². The first-order valence-corrected chi connectivity index (χ1v) is 8.43. The highest BCUT2D eigenvalue weighted by atomic mass is 19.1. The molecule has 1 aromatic rings.